The highest BCUT2D eigenvalue weighted by Crippen LogP contribution is 2.22. The molecule has 4 nitrogen and oxygen atoms in total. The van der Waals surface area contributed by atoms with E-state index in [1.807, 2.05) is 4.90 Å². The van der Waals surface area contributed by atoms with Gasteiger partial charge in [-0.2, -0.15) is 10.5 Å². The van der Waals surface area contributed by atoms with Gasteiger partial charge in [0.05, 0.1) is 25.2 Å². The SMILES string of the molecule is N#CCN(CC#N)C1CCCC1N. The van der Waals surface area contributed by atoms with Crippen LogP contribution in [0.4, 0.5) is 0 Å². The van der Waals surface area contributed by atoms with Crippen molar-refractivity contribution in [3.63, 3.8) is 0 Å². The lowest BCUT2D eigenvalue weighted by atomic mass is 10.1. The van der Waals surface area contributed by atoms with Crippen LogP contribution in [-0.4, -0.2) is 30.1 Å². The summed E-state index contributed by atoms with van der Waals surface area (Å²) in [7, 11) is 0. The molecule has 13 heavy (non-hydrogen) atoms. The smallest absolute Gasteiger partial charge is 0.0877 e. The van der Waals surface area contributed by atoms with Crippen LogP contribution in [0, 0.1) is 22.7 Å². The second-order valence-electron chi connectivity index (χ2n) is 3.38. The van der Waals surface area contributed by atoms with Gasteiger partial charge in [-0.25, -0.2) is 0 Å². The zero-order chi connectivity index (χ0) is 9.68. The molecule has 1 rings (SSSR count). The average molecular weight is 178 g/mol. The number of hydrogen-bond donors (Lipinski definition) is 1. The molecule has 70 valence electrons. The lowest BCUT2D eigenvalue weighted by Crippen LogP contribution is -2.44. The summed E-state index contributed by atoms with van der Waals surface area (Å²) in [5.41, 5.74) is 5.88. The third kappa shape index (κ3) is 2.42. The van der Waals surface area contributed by atoms with Gasteiger partial charge in [-0.05, 0) is 12.8 Å². The summed E-state index contributed by atoms with van der Waals surface area (Å²) in [5, 5.41) is 17.1. The van der Waals surface area contributed by atoms with Crippen LogP contribution in [-0.2, 0) is 0 Å². The first-order chi connectivity index (χ1) is 6.29. The average Bonchev–Trinajstić information content (AvgIpc) is 2.51. The topological polar surface area (TPSA) is 76.8 Å². The van der Waals surface area contributed by atoms with Crippen molar-refractivity contribution in [3.8, 4) is 12.1 Å². The molecule has 0 saturated heterocycles. The van der Waals surface area contributed by atoms with Gasteiger partial charge in [-0.1, -0.05) is 6.42 Å². The normalized spacial score (nSPS) is 27.1. The van der Waals surface area contributed by atoms with Crippen molar-refractivity contribution in [1.82, 2.24) is 4.90 Å². The molecule has 0 heterocycles. The predicted molar refractivity (Wildman–Crippen MR) is 48.4 cm³/mol. The van der Waals surface area contributed by atoms with E-state index in [1.54, 1.807) is 0 Å². The van der Waals surface area contributed by atoms with Crippen LogP contribution < -0.4 is 5.73 Å². The molecular formula is C9H14N4. The third-order valence-corrected chi connectivity index (χ3v) is 2.55. The lowest BCUT2D eigenvalue weighted by Gasteiger charge is -2.26. The summed E-state index contributed by atoms with van der Waals surface area (Å²) in [4.78, 5) is 1.87. The number of nitriles is 2. The minimum Gasteiger partial charge on any atom is -0.326 e. The van der Waals surface area contributed by atoms with Crippen LogP contribution in [0.15, 0.2) is 0 Å². The van der Waals surface area contributed by atoms with Crippen molar-refractivity contribution in [2.24, 2.45) is 5.73 Å². The van der Waals surface area contributed by atoms with Crippen LogP contribution in [0.1, 0.15) is 19.3 Å². The van der Waals surface area contributed by atoms with E-state index in [4.69, 9.17) is 16.3 Å². The molecule has 2 unspecified atom stereocenters. The van der Waals surface area contributed by atoms with E-state index in [0.717, 1.165) is 19.3 Å². The van der Waals surface area contributed by atoms with Gasteiger partial charge >= 0.3 is 0 Å². The standard InChI is InChI=1S/C9H14N4/c10-4-6-13(7-5-11)9-3-1-2-8(9)12/h8-9H,1-3,6-7,12H2. The maximum Gasteiger partial charge on any atom is 0.0877 e. The van der Waals surface area contributed by atoms with Gasteiger partial charge in [0.15, 0.2) is 0 Å². The van der Waals surface area contributed by atoms with Gasteiger partial charge in [0.25, 0.3) is 0 Å². The fourth-order valence-corrected chi connectivity index (χ4v) is 1.89. The molecule has 0 bridgehead atoms. The Morgan fingerprint density at radius 3 is 2.23 bits per heavy atom. The van der Waals surface area contributed by atoms with Crippen LogP contribution in [0.25, 0.3) is 0 Å². The van der Waals surface area contributed by atoms with E-state index >= 15 is 0 Å². The van der Waals surface area contributed by atoms with E-state index < -0.39 is 0 Å². The molecule has 1 fully saturated rings. The molecule has 0 amide bonds. The molecule has 1 aliphatic rings. The number of nitrogens with two attached hydrogens (primary N) is 1. The Kier molecular flexibility index (Phi) is 3.70. The van der Waals surface area contributed by atoms with Crippen LogP contribution >= 0.6 is 0 Å². The van der Waals surface area contributed by atoms with Gasteiger partial charge in [0.1, 0.15) is 0 Å². The van der Waals surface area contributed by atoms with E-state index in [-0.39, 0.29) is 12.1 Å². The van der Waals surface area contributed by atoms with E-state index in [1.165, 1.54) is 0 Å². The highest BCUT2D eigenvalue weighted by atomic mass is 15.2. The van der Waals surface area contributed by atoms with Crippen molar-refractivity contribution >= 4 is 0 Å². The summed E-state index contributed by atoms with van der Waals surface area (Å²) in [6.07, 6.45) is 3.14. The molecule has 0 radical (unpaired) electrons. The fourth-order valence-electron chi connectivity index (χ4n) is 1.89. The van der Waals surface area contributed by atoms with Crippen molar-refractivity contribution in [3.05, 3.63) is 0 Å². The zero-order valence-electron chi connectivity index (χ0n) is 7.61. The minimum atomic E-state index is 0.140. The Morgan fingerprint density at radius 1 is 1.23 bits per heavy atom. The van der Waals surface area contributed by atoms with E-state index in [9.17, 15) is 0 Å². The van der Waals surface area contributed by atoms with Gasteiger partial charge in [-0.15, -0.1) is 0 Å². The van der Waals surface area contributed by atoms with Crippen LogP contribution in [0.5, 0.6) is 0 Å². The molecular weight excluding hydrogens is 164 g/mol. The van der Waals surface area contributed by atoms with E-state index in [0.29, 0.717) is 13.1 Å². The first-order valence-electron chi connectivity index (χ1n) is 4.53. The minimum absolute atomic E-state index is 0.140. The van der Waals surface area contributed by atoms with Crippen LogP contribution in [0.2, 0.25) is 0 Å². The largest absolute Gasteiger partial charge is 0.326 e. The molecule has 0 aromatic rings. The molecule has 0 aromatic carbocycles. The van der Waals surface area contributed by atoms with E-state index in [2.05, 4.69) is 12.1 Å². The summed E-state index contributed by atoms with van der Waals surface area (Å²) < 4.78 is 0. The number of nitrogens with zero attached hydrogens (tertiary/aromatic N) is 3. The van der Waals surface area contributed by atoms with Gasteiger partial charge in [0, 0.05) is 12.1 Å². The molecule has 2 atom stereocenters. The Bertz CT molecular complexity index is 221. The molecule has 0 aromatic heterocycles. The Labute approximate surface area is 78.5 Å². The predicted octanol–water partition coefficient (Wildman–Crippen LogP) is 0.215. The zero-order valence-corrected chi connectivity index (χ0v) is 7.61. The Morgan fingerprint density at radius 2 is 1.85 bits per heavy atom. The molecule has 1 saturated carbocycles. The van der Waals surface area contributed by atoms with Crippen molar-refractivity contribution in [2.45, 2.75) is 31.3 Å². The van der Waals surface area contributed by atoms with Crippen molar-refractivity contribution in [2.75, 3.05) is 13.1 Å². The molecule has 0 aliphatic heterocycles. The fraction of sp³-hybridized carbons (Fsp3) is 0.778. The second kappa shape index (κ2) is 4.81. The Balaban J connectivity index is 2.54. The van der Waals surface area contributed by atoms with Gasteiger partial charge in [-0.3, -0.25) is 4.90 Å². The summed E-state index contributed by atoms with van der Waals surface area (Å²) in [5.74, 6) is 0. The highest BCUT2D eigenvalue weighted by Gasteiger charge is 2.28. The maximum absolute atomic E-state index is 8.57. The Hall–Kier alpha value is -1.10. The van der Waals surface area contributed by atoms with Crippen molar-refractivity contribution < 1.29 is 0 Å². The maximum atomic E-state index is 8.57. The highest BCUT2D eigenvalue weighted by molar-refractivity contribution is 4.94. The first kappa shape index (κ1) is 9.98. The molecule has 0 spiro atoms. The lowest BCUT2D eigenvalue weighted by molar-refractivity contribution is 0.231. The summed E-state index contributed by atoms with van der Waals surface area (Å²) >= 11 is 0. The molecule has 1 aliphatic carbocycles. The van der Waals surface area contributed by atoms with Crippen molar-refractivity contribution in [1.29, 1.82) is 10.5 Å². The molecule has 4 heteroatoms. The number of hydrogen-bond acceptors (Lipinski definition) is 4. The van der Waals surface area contributed by atoms with Gasteiger partial charge < -0.3 is 5.73 Å². The monoisotopic (exact) mass is 178 g/mol. The number of rotatable bonds is 3. The summed E-state index contributed by atoms with van der Waals surface area (Å²) in [6.45, 7) is 0.623. The first-order valence-corrected chi connectivity index (χ1v) is 4.53. The summed E-state index contributed by atoms with van der Waals surface area (Å²) in [6, 6.07) is 4.51. The molecule has 2 N–H and O–H groups in total. The quantitative estimate of drug-likeness (QED) is 0.627. The second-order valence-corrected chi connectivity index (χ2v) is 3.38. The third-order valence-electron chi connectivity index (χ3n) is 2.55. The van der Waals surface area contributed by atoms with Gasteiger partial charge in [0.2, 0.25) is 0 Å². The van der Waals surface area contributed by atoms with Crippen LogP contribution in [0.3, 0.4) is 0 Å².